The van der Waals surface area contributed by atoms with Crippen LogP contribution in [-0.4, -0.2) is 48.8 Å². The average molecular weight is 394 g/mol. The van der Waals surface area contributed by atoms with E-state index in [1.54, 1.807) is 27.4 Å². The number of aliphatic carboxylic acids is 1. The summed E-state index contributed by atoms with van der Waals surface area (Å²) in [5.74, 6) is -1.03. The molecule has 3 rings (SSSR count). The Hall–Kier alpha value is -1.93. The summed E-state index contributed by atoms with van der Waals surface area (Å²) in [6, 6.07) is 4.98. The van der Waals surface area contributed by atoms with Crippen LogP contribution in [0.4, 0.5) is 5.69 Å². The molecule has 0 radical (unpaired) electrons. The molecule has 8 heteroatoms. The topological polar surface area (TPSA) is 95.0 Å². The number of carboxylic acids is 1. The molecule has 1 aromatic carbocycles. The van der Waals surface area contributed by atoms with Gasteiger partial charge in [-0.15, -0.1) is 0 Å². The van der Waals surface area contributed by atoms with Crippen LogP contribution in [0.15, 0.2) is 23.1 Å². The molecule has 0 bridgehead atoms. The number of hydrogen-bond acceptors (Lipinski definition) is 4. The Kier molecular flexibility index (Phi) is 5.86. The SMILES string of the molecule is CC1CCCCN1S(=O)(=O)c1ccc2c(c1)CCN2C(=O)CCCC(=O)O. The Bertz CT molecular complexity index is 837. The molecule has 1 fully saturated rings. The van der Waals surface area contributed by atoms with Gasteiger partial charge in [0, 0.05) is 37.7 Å². The third kappa shape index (κ3) is 4.16. The molecule has 1 unspecified atom stereocenters. The van der Waals surface area contributed by atoms with Crippen LogP contribution in [-0.2, 0) is 26.0 Å². The van der Waals surface area contributed by atoms with Gasteiger partial charge in [0.2, 0.25) is 15.9 Å². The maximum Gasteiger partial charge on any atom is 0.303 e. The fourth-order valence-corrected chi connectivity index (χ4v) is 5.64. The molecule has 148 valence electrons. The highest BCUT2D eigenvalue weighted by Gasteiger charge is 2.32. The van der Waals surface area contributed by atoms with Gasteiger partial charge in [-0.1, -0.05) is 6.42 Å². The van der Waals surface area contributed by atoms with E-state index in [2.05, 4.69) is 0 Å². The van der Waals surface area contributed by atoms with Gasteiger partial charge in [0.25, 0.3) is 0 Å². The number of benzene rings is 1. The van der Waals surface area contributed by atoms with Crippen molar-refractivity contribution in [3.05, 3.63) is 23.8 Å². The summed E-state index contributed by atoms with van der Waals surface area (Å²) in [5.41, 5.74) is 1.59. The van der Waals surface area contributed by atoms with Crippen LogP contribution in [0.1, 0.15) is 51.0 Å². The first-order chi connectivity index (χ1) is 12.8. The minimum absolute atomic E-state index is 0.00400. The van der Waals surface area contributed by atoms with Crippen LogP contribution in [0, 0.1) is 0 Å². The van der Waals surface area contributed by atoms with E-state index in [1.165, 1.54) is 0 Å². The van der Waals surface area contributed by atoms with Crippen molar-refractivity contribution < 1.29 is 23.1 Å². The van der Waals surface area contributed by atoms with Gasteiger partial charge >= 0.3 is 5.97 Å². The van der Waals surface area contributed by atoms with Gasteiger partial charge in [-0.2, -0.15) is 4.31 Å². The average Bonchev–Trinajstić information content (AvgIpc) is 3.04. The Morgan fingerprint density at radius 3 is 2.67 bits per heavy atom. The molecule has 1 atom stereocenters. The molecular formula is C19H26N2O5S. The van der Waals surface area contributed by atoms with Crippen molar-refractivity contribution in [3.8, 4) is 0 Å². The molecule has 1 saturated heterocycles. The van der Waals surface area contributed by atoms with Crippen molar-refractivity contribution >= 4 is 27.6 Å². The van der Waals surface area contributed by atoms with Crippen molar-refractivity contribution in [3.63, 3.8) is 0 Å². The Morgan fingerprint density at radius 1 is 1.19 bits per heavy atom. The molecule has 2 aliphatic heterocycles. The minimum atomic E-state index is -3.53. The van der Waals surface area contributed by atoms with Crippen molar-refractivity contribution in [1.29, 1.82) is 0 Å². The maximum atomic E-state index is 13.0. The zero-order valence-corrected chi connectivity index (χ0v) is 16.4. The number of anilines is 1. The number of carboxylic acid groups (broad SMARTS) is 1. The van der Waals surface area contributed by atoms with Gasteiger partial charge in [0.15, 0.2) is 0 Å². The molecule has 7 nitrogen and oxygen atoms in total. The van der Waals surface area contributed by atoms with Crippen LogP contribution in [0.5, 0.6) is 0 Å². The summed E-state index contributed by atoms with van der Waals surface area (Å²) < 4.78 is 27.6. The highest BCUT2D eigenvalue weighted by atomic mass is 32.2. The number of carbonyl (C=O) groups excluding carboxylic acids is 1. The fourth-order valence-electron chi connectivity index (χ4n) is 3.89. The second kappa shape index (κ2) is 7.98. The number of amides is 1. The normalized spacial score (nSPS) is 20.5. The number of fused-ring (bicyclic) bond motifs is 1. The molecule has 0 spiro atoms. The van der Waals surface area contributed by atoms with E-state index in [0.29, 0.717) is 25.9 Å². The van der Waals surface area contributed by atoms with Crippen LogP contribution < -0.4 is 4.90 Å². The number of carbonyl (C=O) groups is 2. The van der Waals surface area contributed by atoms with Gasteiger partial charge in [0.05, 0.1) is 4.90 Å². The van der Waals surface area contributed by atoms with E-state index in [0.717, 1.165) is 30.5 Å². The summed E-state index contributed by atoms with van der Waals surface area (Å²) in [5, 5.41) is 8.70. The number of piperidine rings is 1. The number of rotatable bonds is 6. The van der Waals surface area contributed by atoms with E-state index in [4.69, 9.17) is 5.11 Å². The summed E-state index contributed by atoms with van der Waals surface area (Å²) in [4.78, 5) is 24.9. The number of sulfonamides is 1. The molecule has 1 aromatic rings. The number of hydrogen-bond donors (Lipinski definition) is 1. The summed E-state index contributed by atoms with van der Waals surface area (Å²) in [6.07, 6.45) is 3.87. The zero-order valence-electron chi connectivity index (χ0n) is 15.6. The van der Waals surface area contributed by atoms with Crippen molar-refractivity contribution in [2.75, 3.05) is 18.0 Å². The minimum Gasteiger partial charge on any atom is -0.481 e. The largest absolute Gasteiger partial charge is 0.481 e. The van der Waals surface area contributed by atoms with Crippen molar-refractivity contribution in [2.24, 2.45) is 0 Å². The first kappa shape index (κ1) is 19.8. The Labute approximate surface area is 160 Å². The Balaban J connectivity index is 1.76. The standard InChI is InChI=1S/C19H26N2O5S/c1-14-5-2-3-11-21(14)27(25,26)16-8-9-17-15(13-16)10-12-20(17)18(22)6-4-7-19(23)24/h8-9,13-14H,2-7,10-12H2,1H3,(H,23,24). The van der Waals surface area contributed by atoms with Crippen molar-refractivity contribution in [1.82, 2.24) is 4.31 Å². The molecule has 0 saturated carbocycles. The molecule has 27 heavy (non-hydrogen) atoms. The van der Waals surface area contributed by atoms with Crippen molar-refractivity contribution in [2.45, 2.75) is 62.8 Å². The lowest BCUT2D eigenvalue weighted by atomic mass is 10.1. The van der Waals surface area contributed by atoms with Gasteiger partial charge in [0.1, 0.15) is 0 Å². The lowest BCUT2D eigenvalue weighted by molar-refractivity contribution is -0.137. The highest BCUT2D eigenvalue weighted by Crippen LogP contribution is 2.33. The fraction of sp³-hybridized carbons (Fsp3) is 0.579. The Morgan fingerprint density at radius 2 is 1.96 bits per heavy atom. The summed E-state index contributed by atoms with van der Waals surface area (Å²) in [7, 11) is -3.53. The van der Waals surface area contributed by atoms with E-state index in [9.17, 15) is 18.0 Å². The molecule has 0 aromatic heterocycles. The van der Waals surface area contributed by atoms with Gasteiger partial charge < -0.3 is 10.0 Å². The van der Waals surface area contributed by atoms with Crippen LogP contribution in [0.25, 0.3) is 0 Å². The highest BCUT2D eigenvalue weighted by molar-refractivity contribution is 7.89. The van der Waals surface area contributed by atoms with E-state index in [1.807, 2.05) is 6.92 Å². The predicted octanol–water partition coefficient (Wildman–Crippen LogP) is 2.39. The molecule has 1 N–H and O–H groups in total. The quantitative estimate of drug-likeness (QED) is 0.799. The lowest BCUT2D eigenvalue weighted by Crippen LogP contribution is -2.41. The first-order valence-corrected chi connectivity index (χ1v) is 10.9. The predicted molar refractivity (Wildman–Crippen MR) is 101 cm³/mol. The zero-order chi connectivity index (χ0) is 19.6. The van der Waals surface area contributed by atoms with Crippen LogP contribution in [0.3, 0.4) is 0 Å². The molecule has 2 aliphatic rings. The first-order valence-electron chi connectivity index (χ1n) is 9.47. The van der Waals surface area contributed by atoms with Gasteiger partial charge in [-0.3, -0.25) is 9.59 Å². The lowest BCUT2D eigenvalue weighted by Gasteiger charge is -2.32. The summed E-state index contributed by atoms with van der Waals surface area (Å²) in [6.45, 7) is 3.00. The van der Waals surface area contributed by atoms with Gasteiger partial charge in [-0.05, 0) is 56.4 Å². The van der Waals surface area contributed by atoms with E-state index < -0.39 is 16.0 Å². The molecular weight excluding hydrogens is 368 g/mol. The molecule has 2 heterocycles. The number of nitrogens with zero attached hydrogens (tertiary/aromatic N) is 2. The smallest absolute Gasteiger partial charge is 0.303 e. The third-order valence-electron chi connectivity index (χ3n) is 5.38. The van der Waals surface area contributed by atoms with E-state index in [-0.39, 0.29) is 29.7 Å². The molecule has 1 amide bonds. The molecule has 0 aliphatic carbocycles. The van der Waals surface area contributed by atoms with Crippen LogP contribution in [0.2, 0.25) is 0 Å². The second-order valence-corrected chi connectivity index (χ2v) is 9.18. The second-order valence-electron chi connectivity index (χ2n) is 7.29. The third-order valence-corrected chi connectivity index (χ3v) is 7.39. The van der Waals surface area contributed by atoms with E-state index >= 15 is 0 Å². The summed E-state index contributed by atoms with van der Waals surface area (Å²) >= 11 is 0. The van der Waals surface area contributed by atoms with Crippen LogP contribution >= 0.6 is 0 Å². The van der Waals surface area contributed by atoms with Gasteiger partial charge in [-0.25, -0.2) is 8.42 Å². The monoisotopic (exact) mass is 394 g/mol. The maximum absolute atomic E-state index is 13.0.